The molecule has 2 aromatic rings. The van der Waals surface area contributed by atoms with E-state index in [1.807, 2.05) is 36.4 Å². The highest BCUT2D eigenvalue weighted by Crippen LogP contribution is 2.37. The molecule has 0 bridgehead atoms. The van der Waals surface area contributed by atoms with E-state index >= 15 is 0 Å². The lowest BCUT2D eigenvalue weighted by molar-refractivity contribution is 0.0366. The molecule has 26 heavy (non-hydrogen) atoms. The van der Waals surface area contributed by atoms with Gasteiger partial charge in [0.15, 0.2) is 0 Å². The van der Waals surface area contributed by atoms with Crippen LogP contribution in [0, 0.1) is 17.8 Å². The summed E-state index contributed by atoms with van der Waals surface area (Å²) < 4.78 is 0. The minimum atomic E-state index is 0.166. The van der Waals surface area contributed by atoms with Crippen LogP contribution in [-0.2, 0) is 6.54 Å². The van der Waals surface area contributed by atoms with Crippen LogP contribution in [0.3, 0.4) is 0 Å². The van der Waals surface area contributed by atoms with Gasteiger partial charge in [-0.05, 0) is 48.3 Å². The number of hydrogen-bond donors (Lipinski definition) is 0. The van der Waals surface area contributed by atoms with Gasteiger partial charge in [-0.2, -0.15) is 0 Å². The maximum atomic E-state index is 13.4. The van der Waals surface area contributed by atoms with Gasteiger partial charge in [0.05, 0.1) is 0 Å². The highest BCUT2D eigenvalue weighted by Gasteiger charge is 2.37. The summed E-state index contributed by atoms with van der Waals surface area (Å²) in [7, 11) is 0. The Balaban J connectivity index is 1.94. The van der Waals surface area contributed by atoms with Gasteiger partial charge in [0.1, 0.15) is 0 Å². The van der Waals surface area contributed by atoms with Gasteiger partial charge in [-0.25, -0.2) is 0 Å². The van der Waals surface area contributed by atoms with Crippen LogP contribution in [0.2, 0.25) is 0 Å². The Bertz CT molecular complexity index is 695. The van der Waals surface area contributed by atoms with Crippen molar-refractivity contribution in [2.75, 3.05) is 0 Å². The molecule has 0 spiro atoms. The van der Waals surface area contributed by atoms with Crippen LogP contribution in [0.4, 0.5) is 0 Å². The van der Waals surface area contributed by atoms with Crippen LogP contribution in [0.5, 0.6) is 0 Å². The maximum absolute atomic E-state index is 13.4. The van der Waals surface area contributed by atoms with Crippen molar-refractivity contribution in [1.29, 1.82) is 0 Å². The number of nitrogens with zero attached hydrogens (tertiary/aromatic N) is 1. The molecule has 0 saturated heterocycles. The molecule has 138 valence electrons. The van der Waals surface area contributed by atoms with Crippen LogP contribution in [0.25, 0.3) is 0 Å². The highest BCUT2D eigenvalue weighted by molar-refractivity contribution is 5.94. The van der Waals surface area contributed by atoms with Crippen molar-refractivity contribution in [3.63, 3.8) is 0 Å². The van der Waals surface area contributed by atoms with Crippen LogP contribution >= 0.6 is 0 Å². The van der Waals surface area contributed by atoms with Crippen LogP contribution in [-0.4, -0.2) is 16.8 Å². The lowest BCUT2D eigenvalue weighted by atomic mass is 9.73. The first-order valence-electron chi connectivity index (χ1n) is 9.96. The zero-order valence-corrected chi connectivity index (χ0v) is 16.3. The van der Waals surface area contributed by atoms with Gasteiger partial charge >= 0.3 is 0 Å². The Morgan fingerprint density at radius 3 is 2.23 bits per heavy atom. The summed E-state index contributed by atoms with van der Waals surface area (Å²) in [5, 5.41) is 0. The lowest BCUT2D eigenvalue weighted by Crippen LogP contribution is -2.48. The van der Waals surface area contributed by atoms with Gasteiger partial charge in [-0.15, -0.1) is 0 Å². The SMILES string of the molecule is CC(C)[C@@H]1CC[C@@H](C)C[C@@H]1N(Cc1ccccc1)C(=O)c1ccccc1. The van der Waals surface area contributed by atoms with Crippen molar-refractivity contribution in [3.8, 4) is 0 Å². The number of hydrogen-bond acceptors (Lipinski definition) is 1. The van der Waals surface area contributed by atoms with E-state index in [1.54, 1.807) is 0 Å². The van der Waals surface area contributed by atoms with Gasteiger partial charge in [-0.3, -0.25) is 4.79 Å². The highest BCUT2D eigenvalue weighted by atomic mass is 16.2. The Kier molecular flexibility index (Phi) is 6.13. The third kappa shape index (κ3) is 4.35. The summed E-state index contributed by atoms with van der Waals surface area (Å²) in [6.45, 7) is 7.63. The molecule has 0 N–H and O–H groups in total. The van der Waals surface area contributed by atoms with Crippen molar-refractivity contribution >= 4 is 5.91 Å². The zero-order valence-electron chi connectivity index (χ0n) is 16.3. The van der Waals surface area contributed by atoms with Gasteiger partial charge in [0.25, 0.3) is 5.91 Å². The van der Waals surface area contributed by atoms with Crippen molar-refractivity contribution in [1.82, 2.24) is 4.90 Å². The standard InChI is InChI=1S/C24H31NO/c1-18(2)22-15-14-19(3)16-23(22)25(17-20-10-6-4-7-11-20)24(26)21-12-8-5-9-13-21/h4-13,18-19,22-23H,14-17H2,1-3H3/t19-,22+,23+/m1/s1. The van der Waals surface area contributed by atoms with E-state index in [-0.39, 0.29) is 5.91 Å². The van der Waals surface area contributed by atoms with Crippen molar-refractivity contribution in [2.24, 2.45) is 17.8 Å². The minimum Gasteiger partial charge on any atom is -0.331 e. The topological polar surface area (TPSA) is 20.3 Å². The quantitative estimate of drug-likeness (QED) is 0.669. The smallest absolute Gasteiger partial charge is 0.254 e. The molecule has 0 aliphatic heterocycles. The molecule has 1 fully saturated rings. The molecular weight excluding hydrogens is 318 g/mol. The van der Waals surface area contributed by atoms with E-state index in [4.69, 9.17) is 0 Å². The first-order chi connectivity index (χ1) is 12.6. The summed E-state index contributed by atoms with van der Waals surface area (Å²) in [5.74, 6) is 2.01. The van der Waals surface area contributed by atoms with Gasteiger partial charge in [0.2, 0.25) is 0 Å². The molecule has 2 aromatic carbocycles. The molecule has 2 heteroatoms. The molecule has 0 heterocycles. The molecular formula is C24H31NO. The summed E-state index contributed by atoms with van der Waals surface area (Å²) in [5.41, 5.74) is 2.00. The third-order valence-corrected chi connectivity index (χ3v) is 5.86. The molecule has 1 saturated carbocycles. The fourth-order valence-corrected chi connectivity index (χ4v) is 4.38. The fraction of sp³-hybridized carbons (Fsp3) is 0.458. The Morgan fingerprint density at radius 1 is 1.00 bits per heavy atom. The Labute approximate surface area is 158 Å². The average Bonchev–Trinajstić information content (AvgIpc) is 2.67. The molecule has 1 aliphatic rings. The second kappa shape index (κ2) is 8.53. The number of carbonyl (C=O) groups is 1. The molecule has 1 amide bonds. The predicted octanol–water partition coefficient (Wildman–Crippen LogP) is 5.79. The molecule has 3 rings (SSSR count). The van der Waals surface area contributed by atoms with E-state index in [1.165, 1.54) is 18.4 Å². The number of carbonyl (C=O) groups excluding carboxylic acids is 1. The average molecular weight is 350 g/mol. The van der Waals surface area contributed by atoms with Gasteiger partial charge < -0.3 is 4.90 Å². The number of amides is 1. The number of rotatable bonds is 5. The van der Waals surface area contributed by atoms with E-state index in [9.17, 15) is 4.79 Å². The molecule has 2 nitrogen and oxygen atoms in total. The molecule has 0 unspecified atom stereocenters. The first kappa shape index (κ1) is 18.7. The second-order valence-electron chi connectivity index (χ2n) is 8.18. The van der Waals surface area contributed by atoms with Crippen molar-refractivity contribution < 1.29 is 4.79 Å². The summed E-state index contributed by atoms with van der Waals surface area (Å²) in [4.78, 5) is 15.6. The van der Waals surface area contributed by atoms with Crippen molar-refractivity contribution in [2.45, 2.75) is 52.6 Å². The van der Waals surface area contributed by atoms with E-state index in [0.29, 0.717) is 30.3 Å². The van der Waals surface area contributed by atoms with Gasteiger partial charge in [-0.1, -0.05) is 75.7 Å². The zero-order chi connectivity index (χ0) is 18.5. The Hall–Kier alpha value is -2.09. The maximum Gasteiger partial charge on any atom is 0.254 e. The van der Waals surface area contributed by atoms with Crippen LogP contribution < -0.4 is 0 Å². The van der Waals surface area contributed by atoms with Crippen LogP contribution in [0.1, 0.15) is 56.0 Å². The first-order valence-corrected chi connectivity index (χ1v) is 9.96. The number of benzene rings is 2. The minimum absolute atomic E-state index is 0.166. The van der Waals surface area contributed by atoms with E-state index in [0.717, 1.165) is 12.0 Å². The summed E-state index contributed by atoms with van der Waals surface area (Å²) >= 11 is 0. The molecule has 0 radical (unpaired) electrons. The molecule has 3 atom stereocenters. The predicted molar refractivity (Wildman–Crippen MR) is 108 cm³/mol. The largest absolute Gasteiger partial charge is 0.331 e. The van der Waals surface area contributed by atoms with Crippen molar-refractivity contribution in [3.05, 3.63) is 71.8 Å². The molecule has 0 aromatic heterocycles. The van der Waals surface area contributed by atoms with Gasteiger partial charge in [0, 0.05) is 18.2 Å². The van der Waals surface area contributed by atoms with Crippen LogP contribution in [0.15, 0.2) is 60.7 Å². The van der Waals surface area contributed by atoms with E-state index < -0.39 is 0 Å². The summed E-state index contributed by atoms with van der Waals surface area (Å²) in [6.07, 6.45) is 3.60. The summed E-state index contributed by atoms with van der Waals surface area (Å²) in [6, 6.07) is 20.5. The van der Waals surface area contributed by atoms with E-state index in [2.05, 4.69) is 49.9 Å². The fourth-order valence-electron chi connectivity index (χ4n) is 4.38. The second-order valence-corrected chi connectivity index (χ2v) is 8.18. The lowest BCUT2D eigenvalue weighted by Gasteiger charge is -2.44. The molecule has 1 aliphatic carbocycles. The monoisotopic (exact) mass is 349 g/mol. The normalized spacial score (nSPS) is 23.0. The third-order valence-electron chi connectivity index (χ3n) is 5.86. The Morgan fingerprint density at radius 2 is 1.62 bits per heavy atom.